The van der Waals surface area contributed by atoms with E-state index in [1.807, 2.05) is 24.3 Å². The topological polar surface area (TPSA) is 42.2 Å². The van der Waals surface area contributed by atoms with Crippen LogP contribution >= 0.6 is 11.3 Å². The van der Waals surface area contributed by atoms with Crippen LogP contribution in [0, 0.1) is 12.7 Å². The summed E-state index contributed by atoms with van der Waals surface area (Å²) in [6.07, 6.45) is 17.4. The van der Waals surface area contributed by atoms with Crippen LogP contribution in [0.1, 0.15) is 100 Å². The highest BCUT2D eigenvalue weighted by Crippen LogP contribution is 2.24. The predicted molar refractivity (Wildman–Crippen MR) is 160 cm³/mol. The number of anilines is 1. The Morgan fingerprint density at radius 2 is 1.54 bits per heavy atom. The fourth-order valence-corrected chi connectivity index (χ4v) is 5.44. The van der Waals surface area contributed by atoms with Crippen molar-refractivity contribution in [3.63, 3.8) is 0 Å². The highest BCUT2D eigenvalue weighted by molar-refractivity contribution is 7.09. The molecule has 0 aliphatic carbocycles. The summed E-state index contributed by atoms with van der Waals surface area (Å²) in [4.78, 5) is 12.7. The molecule has 0 unspecified atom stereocenters. The fraction of sp³-hybridized carbons (Fsp3) is 0.515. The van der Waals surface area contributed by atoms with E-state index in [2.05, 4.69) is 35.3 Å². The molecule has 0 aliphatic heterocycles. The summed E-state index contributed by atoms with van der Waals surface area (Å²) in [6.45, 7) is 5.62. The Morgan fingerprint density at radius 1 is 0.897 bits per heavy atom. The van der Waals surface area contributed by atoms with Crippen molar-refractivity contribution in [3.05, 3.63) is 76.0 Å². The first-order valence-corrected chi connectivity index (χ1v) is 15.7. The van der Waals surface area contributed by atoms with Crippen molar-refractivity contribution >= 4 is 22.9 Å². The minimum atomic E-state index is -0.412. The standard InChI is InChI=1S/C33H45FN2O2S/c1-3-4-5-6-7-8-9-10-11-12-13-14-23-38-33-29(16-15-17-31(33)34)25-32(37)35-30-20-18-28(19-21-30)26-36-22-24-39-27(36)2/h15-22,24H,3-14,23,25-26H2,1-2H3/p+1. The molecule has 1 N–H and O–H groups in total. The zero-order valence-electron chi connectivity index (χ0n) is 23.9. The van der Waals surface area contributed by atoms with Crippen LogP contribution in [0.5, 0.6) is 5.75 Å². The molecule has 1 aromatic heterocycles. The van der Waals surface area contributed by atoms with Gasteiger partial charge >= 0.3 is 0 Å². The highest BCUT2D eigenvalue weighted by atomic mass is 32.1. The third kappa shape index (κ3) is 11.5. The Bertz CT molecular complexity index is 1110. The monoisotopic (exact) mass is 553 g/mol. The molecule has 2 aromatic carbocycles. The maximum absolute atomic E-state index is 14.5. The van der Waals surface area contributed by atoms with Crippen molar-refractivity contribution in [2.45, 2.75) is 104 Å². The number of aromatic nitrogens is 1. The molecule has 1 heterocycles. The third-order valence-corrected chi connectivity index (χ3v) is 7.95. The van der Waals surface area contributed by atoms with Gasteiger partial charge in [-0.3, -0.25) is 4.79 Å². The maximum Gasteiger partial charge on any atom is 0.234 e. The van der Waals surface area contributed by atoms with Gasteiger partial charge in [-0.05, 0) is 24.6 Å². The van der Waals surface area contributed by atoms with Crippen molar-refractivity contribution in [1.82, 2.24) is 0 Å². The van der Waals surface area contributed by atoms with E-state index >= 15 is 0 Å². The van der Waals surface area contributed by atoms with Gasteiger partial charge in [0.1, 0.15) is 0 Å². The van der Waals surface area contributed by atoms with E-state index in [0.29, 0.717) is 12.2 Å². The second-order valence-electron chi connectivity index (χ2n) is 10.4. The van der Waals surface area contributed by atoms with E-state index in [1.165, 1.54) is 75.3 Å². The van der Waals surface area contributed by atoms with Crippen molar-refractivity contribution in [1.29, 1.82) is 0 Å². The summed E-state index contributed by atoms with van der Waals surface area (Å²) in [6, 6.07) is 12.6. The van der Waals surface area contributed by atoms with Gasteiger partial charge in [0.25, 0.3) is 0 Å². The zero-order valence-corrected chi connectivity index (χ0v) is 24.7. The molecule has 0 fully saturated rings. The Labute approximate surface area is 238 Å². The number of unbranched alkanes of at least 4 members (excludes halogenated alkanes) is 11. The van der Waals surface area contributed by atoms with Crippen LogP contribution in [0.4, 0.5) is 10.1 Å². The predicted octanol–water partition coefficient (Wildman–Crippen LogP) is 8.79. The molecule has 0 saturated heterocycles. The number of para-hydroxylation sites is 1. The van der Waals surface area contributed by atoms with Gasteiger partial charge < -0.3 is 10.1 Å². The first-order valence-electron chi connectivity index (χ1n) is 14.8. The molecule has 0 bridgehead atoms. The largest absolute Gasteiger partial charge is 0.490 e. The van der Waals surface area contributed by atoms with Gasteiger partial charge in [-0.15, -0.1) is 0 Å². The number of rotatable bonds is 19. The molecule has 6 heteroatoms. The molecule has 1 amide bonds. The Kier molecular flexibility index (Phi) is 14.0. The van der Waals surface area contributed by atoms with Crippen LogP contribution in [0.3, 0.4) is 0 Å². The smallest absolute Gasteiger partial charge is 0.234 e. The number of ether oxygens (including phenoxy) is 1. The van der Waals surface area contributed by atoms with E-state index in [9.17, 15) is 9.18 Å². The van der Waals surface area contributed by atoms with E-state index < -0.39 is 5.82 Å². The van der Waals surface area contributed by atoms with Gasteiger partial charge in [-0.25, -0.2) is 4.39 Å². The van der Waals surface area contributed by atoms with Gasteiger partial charge in [0.15, 0.2) is 24.3 Å². The van der Waals surface area contributed by atoms with Crippen molar-refractivity contribution in [2.75, 3.05) is 11.9 Å². The first-order chi connectivity index (χ1) is 19.1. The highest BCUT2D eigenvalue weighted by Gasteiger charge is 2.14. The molecule has 4 nitrogen and oxygen atoms in total. The number of nitrogens with one attached hydrogen (secondary N) is 1. The summed E-state index contributed by atoms with van der Waals surface area (Å²) in [7, 11) is 0. The SMILES string of the molecule is CCCCCCCCCCCCCCOc1c(F)cccc1CC(=O)Nc1ccc(C[n+]2ccsc2C)cc1. The lowest BCUT2D eigenvalue weighted by Gasteiger charge is -2.13. The summed E-state index contributed by atoms with van der Waals surface area (Å²) >= 11 is 1.72. The summed E-state index contributed by atoms with van der Waals surface area (Å²) in [5.74, 6) is -0.398. The molecule has 39 heavy (non-hydrogen) atoms. The van der Waals surface area contributed by atoms with Crippen LogP contribution < -0.4 is 14.6 Å². The van der Waals surface area contributed by atoms with Crippen LogP contribution in [0.25, 0.3) is 0 Å². The second kappa shape index (κ2) is 17.8. The Balaban J connectivity index is 1.35. The number of halogens is 1. The molecule has 0 aliphatic rings. The van der Waals surface area contributed by atoms with E-state index in [0.717, 1.165) is 30.6 Å². The van der Waals surface area contributed by atoms with Gasteiger partial charge in [0.05, 0.1) is 18.4 Å². The molecule has 0 atom stereocenters. The molecule has 212 valence electrons. The first kappa shape index (κ1) is 30.8. The van der Waals surface area contributed by atoms with Crippen molar-refractivity contribution in [3.8, 4) is 5.75 Å². The van der Waals surface area contributed by atoms with Gasteiger partial charge in [-0.1, -0.05) is 113 Å². The van der Waals surface area contributed by atoms with Crippen molar-refractivity contribution < 1.29 is 18.5 Å². The normalized spacial score (nSPS) is 11.1. The summed E-state index contributed by atoms with van der Waals surface area (Å²) in [5, 5.41) is 6.26. The van der Waals surface area contributed by atoms with E-state index in [-0.39, 0.29) is 18.1 Å². The van der Waals surface area contributed by atoms with Gasteiger partial charge in [0, 0.05) is 23.7 Å². The number of aryl methyl sites for hydroxylation is 1. The maximum atomic E-state index is 14.5. The minimum Gasteiger partial charge on any atom is -0.490 e. The second-order valence-corrected chi connectivity index (χ2v) is 11.5. The van der Waals surface area contributed by atoms with Crippen LogP contribution in [-0.4, -0.2) is 12.5 Å². The Morgan fingerprint density at radius 3 is 2.15 bits per heavy atom. The third-order valence-electron chi connectivity index (χ3n) is 7.12. The van der Waals surface area contributed by atoms with Crippen LogP contribution in [-0.2, 0) is 17.8 Å². The molecular formula is C33H46FN2O2S+. The van der Waals surface area contributed by atoms with E-state index in [4.69, 9.17) is 4.74 Å². The van der Waals surface area contributed by atoms with Crippen molar-refractivity contribution in [2.24, 2.45) is 0 Å². The minimum absolute atomic E-state index is 0.0667. The molecule has 0 saturated carbocycles. The van der Waals surface area contributed by atoms with Gasteiger partial charge in [-0.2, -0.15) is 4.57 Å². The van der Waals surface area contributed by atoms with Crippen LogP contribution in [0.2, 0.25) is 0 Å². The summed E-state index contributed by atoms with van der Waals surface area (Å²) in [5.41, 5.74) is 2.47. The number of hydrogen-bond acceptors (Lipinski definition) is 3. The number of carbonyl (C=O) groups is 1. The lowest BCUT2D eigenvalue weighted by atomic mass is 10.1. The molecule has 3 aromatic rings. The van der Waals surface area contributed by atoms with E-state index in [1.54, 1.807) is 23.5 Å². The number of benzene rings is 2. The summed E-state index contributed by atoms with van der Waals surface area (Å²) < 4.78 is 22.6. The molecular weight excluding hydrogens is 507 g/mol. The number of amides is 1. The lowest BCUT2D eigenvalue weighted by molar-refractivity contribution is -0.689. The quantitative estimate of drug-likeness (QED) is 0.119. The molecule has 0 spiro atoms. The number of thiazole rings is 1. The number of carbonyl (C=O) groups excluding carboxylic acids is 1. The number of nitrogens with zero attached hydrogens (tertiary/aromatic N) is 1. The van der Waals surface area contributed by atoms with Crippen LogP contribution in [0.15, 0.2) is 54.0 Å². The fourth-order valence-electron chi connectivity index (χ4n) is 4.78. The Hall–Kier alpha value is -2.73. The van der Waals surface area contributed by atoms with Gasteiger partial charge in [0.2, 0.25) is 10.9 Å². The average Bonchev–Trinajstić information content (AvgIpc) is 3.33. The lowest BCUT2D eigenvalue weighted by Crippen LogP contribution is -2.34. The molecule has 3 rings (SSSR count). The molecule has 0 radical (unpaired) electrons. The average molecular weight is 554 g/mol. The zero-order chi connectivity index (χ0) is 27.7. The number of hydrogen-bond donors (Lipinski definition) is 1.